The summed E-state index contributed by atoms with van der Waals surface area (Å²) in [6, 6.07) is 1.59. The van der Waals surface area contributed by atoms with Crippen molar-refractivity contribution in [3.63, 3.8) is 0 Å². The molecule has 0 aliphatic rings. The normalized spacial score (nSPS) is 14.1. The van der Waals surface area contributed by atoms with E-state index in [1.807, 2.05) is 13.2 Å². The molecule has 0 amide bonds. The Balaban J connectivity index is 4.42. The highest BCUT2D eigenvalue weighted by atomic mass is 32.2. The lowest BCUT2D eigenvalue weighted by molar-refractivity contribution is 0.417. The van der Waals surface area contributed by atoms with Crippen LogP contribution in [0.15, 0.2) is 0 Å². The second-order valence-corrected chi connectivity index (χ2v) is 5.67. The quantitative estimate of drug-likeness (QED) is 0.680. The Hall–Kier alpha value is -0.250. The molecule has 4 nitrogen and oxygen atoms in total. The van der Waals surface area contributed by atoms with Crippen molar-refractivity contribution in [1.82, 2.24) is 4.31 Å². The van der Waals surface area contributed by atoms with Crippen LogP contribution in [0, 0.1) is 11.3 Å². The summed E-state index contributed by atoms with van der Waals surface area (Å²) in [7, 11) is -1.87. The summed E-state index contributed by atoms with van der Waals surface area (Å²) in [4.78, 5) is 0. The lowest BCUT2D eigenvalue weighted by Crippen LogP contribution is -2.37. The molecule has 6 heteroatoms. The number of hydrogen-bond acceptors (Lipinski definition) is 4. The average molecular weight is 222 g/mol. The lowest BCUT2D eigenvalue weighted by atomic mass is 10.4. The van der Waals surface area contributed by atoms with E-state index in [9.17, 15) is 8.42 Å². The molecule has 0 fully saturated rings. The zero-order valence-corrected chi connectivity index (χ0v) is 9.65. The van der Waals surface area contributed by atoms with E-state index in [1.165, 1.54) is 11.4 Å². The van der Waals surface area contributed by atoms with Gasteiger partial charge in [-0.15, -0.1) is 0 Å². The van der Waals surface area contributed by atoms with Crippen LogP contribution in [-0.2, 0) is 10.0 Å². The van der Waals surface area contributed by atoms with Crippen molar-refractivity contribution < 1.29 is 8.42 Å². The van der Waals surface area contributed by atoms with Gasteiger partial charge in [-0.2, -0.15) is 17.0 Å². The summed E-state index contributed by atoms with van der Waals surface area (Å²) in [5.41, 5.74) is 0. The van der Waals surface area contributed by atoms with Gasteiger partial charge in [0.05, 0.1) is 6.07 Å². The minimum atomic E-state index is -3.37. The first-order chi connectivity index (χ1) is 5.95. The van der Waals surface area contributed by atoms with Gasteiger partial charge in [0.1, 0.15) is 0 Å². The maximum absolute atomic E-state index is 11.3. The molecule has 1 atom stereocenters. The van der Waals surface area contributed by atoms with E-state index in [1.54, 1.807) is 17.8 Å². The van der Waals surface area contributed by atoms with Crippen molar-refractivity contribution >= 4 is 21.8 Å². The maximum atomic E-state index is 11.3. The van der Waals surface area contributed by atoms with E-state index in [0.717, 1.165) is 5.75 Å². The first-order valence-electron chi connectivity index (χ1n) is 3.77. The van der Waals surface area contributed by atoms with Crippen molar-refractivity contribution in [2.45, 2.75) is 13.0 Å². The number of hydrogen-bond donors (Lipinski definition) is 0. The highest BCUT2D eigenvalue weighted by molar-refractivity contribution is 7.98. The molecule has 0 aromatic carbocycles. The first kappa shape index (κ1) is 12.8. The molecule has 0 aliphatic heterocycles. The number of rotatable bonds is 5. The predicted molar refractivity (Wildman–Crippen MR) is 55.0 cm³/mol. The molecule has 1 unspecified atom stereocenters. The largest absolute Gasteiger partial charge is 0.227 e. The third kappa shape index (κ3) is 3.98. The van der Waals surface area contributed by atoms with Crippen LogP contribution in [0.25, 0.3) is 0 Å². The Morgan fingerprint density at radius 2 is 2.15 bits per heavy atom. The van der Waals surface area contributed by atoms with Crippen LogP contribution in [0.3, 0.4) is 0 Å². The summed E-state index contributed by atoms with van der Waals surface area (Å²) in [5.74, 6) is 0.295. The Bertz CT molecular complexity index is 281. The summed E-state index contributed by atoms with van der Waals surface area (Å²) in [6.45, 7) is 1.82. The summed E-state index contributed by atoms with van der Waals surface area (Å²) in [6.07, 6.45) is 1.92. The van der Waals surface area contributed by atoms with Crippen LogP contribution >= 0.6 is 11.8 Å². The van der Waals surface area contributed by atoms with Crippen LogP contribution in [0.5, 0.6) is 0 Å². The van der Waals surface area contributed by atoms with Gasteiger partial charge in [-0.25, -0.2) is 12.7 Å². The van der Waals surface area contributed by atoms with Gasteiger partial charge < -0.3 is 0 Å². The summed E-state index contributed by atoms with van der Waals surface area (Å²) in [5, 5.41) is 8.30. The van der Waals surface area contributed by atoms with Crippen molar-refractivity contribution in [3.8, 4) is 6.07 Å². The van der Waals surface area contributed by atoms with Crippen molar-refractivity contribution in [1.29, 1.82) is 5.26 Å². The fourth-order valence-corrected chi connectivity index (χ4v) is 2.59. The topological polar surface area (TPSA) is 61.2 Å². The first-order valence-corrected chi connectivity index (χ1v) is 6.77. The van der Waals surface area contributed by atoms with Crippen molar-refractivity contribution in [2.24, 2.45) is 0 Å². The van der Waals surface area contributed by atoms with Crippen molar-refractivity contribution in [3.05, 3.63) is 0 Å². The third-order valence-corrected chi connectivity index (χ3v) is 4.26. The number of nitriles is 1. The van der Waals surface area contributed by atoms with E-state index in [4.69, 9.17) is 5.26 Å². The maximum Gasteiger partial charge on any atom is 0.227 e. The minimum Gasteiger partial charge on any atom is -0.211 e. The molecule has 0 spiro atoms. The standard InChI is InChI=1S/C7H14N2O2S2/c1-7(6-12-3)9(2)13(10,11)5-4-8/h7H,5-6H2,1-3H3. The van der Waals surface area contributed by atoms with Gasteiger partial charge >= 0.3 is 0 Å². The number of nitrogens with zero attached hydrogens (tertiary/aromatic N) is 2. The molecule has 0 rings (SSSR count). The van der Waals surface area contributed by atoms with Crippen molar-refractivity contribution in [2.75, 3.05) is 24.8 Å². The molecule has 0 aromatic heterocycles. The zero-order chi connectivity index (χ0) is 10.5. The molecule has 0 aromatic rings. The Kier molecular flexibility index (Phi) is 5.37. The highest BCUT2D eigenvalue weighted by Gasteiger charge is 2.22. The molecule has 0 heterocycles. The number of sulfonamides is 1. The third-order valence-electron chi connectivity index (χ3n) is 1.71. The molecule has 0 N–H and O–H groups in total. The number of thioether (sulfide) groups is 1. The van der Waals surface area contributed by atoms with Crippen LogP contribution in [0.2, 0.25) is 0 Å². The molecular weight excluding hydrogens is 208 g/mol. The predicted octanol–water partition coefficient (Wildman–Crippen LogP) is 0.523. The molecule has 13 heavy (non-hydrogen) atoms. The van der Waals surface area contributed by atoms with E-state index in [-0.39, 0.29) is 6.04 Å². The van der Waals surface area contributed by atoms with Crippen LogP contribution < -0.4 is 0 Å². The van der Waals surface area contributed by atoms with Gasteiger partial charge in [-0.1, -0.05) is 0 Å². The molecule has 76 valence electrons. The van der Waals surface area contributed by atoms with E-state index < -0.39 is 15.8 Å². The van der Waals surface area contributed by atoms with Crippen LogP contribution in [0.4, 0.5) is 0 Å². The van der Waals surface area contributed by atoms with Gasteiger partial charge in [-0.3, -0.25) is 0 Å². The summed E-state index contributed by atoms with van der Waals surface area (Å²) < 4.78 is 23.9. The fraction of sp³-hybridized carbons (Fsp3) is 0.857. The molecular formula is C7H14N2O2S2. The lowest BCUT2D eigenvalue weighted by Gasteiger charge is -2.22. The van der Waals surface area contributed by atoms with Gasteiger partial charge in [0.15, 0.2) is 5.75 Å². The van der Waals surface area contributed by atoms with Crippen LogP contribution in [0.1, 0.15) is 6.92 Å². The molecule has 0 bridgehead atoms. The highest BCUT2D eigenvalue weighted by Crippen LogP contribution is 2.08. The zero-order valence-electron chi connectivity index (χ0n) is 8.02. The monoisotopic (exact) mass is 222 g/mol. The van der Waals surface area contributed by atoms with Crippen LogP contribution in [-0.4, -0.2) is 43.6 Å². The van der Waals surface area contributed by atoms with Gasteiger partial charge in [0.25, 0.3) is 0 Å². The Morgan fingerprint density at radius 1 is 1.62 bits per heavy atom. The fourth-order valence-electron chi connectivity index (χ4n) is 0.804. The van der Waals surface area contributed by atoms with E-state index in [2.05, 4.69) is 0 Å². The Morgan fingerprint density at radius 3 is 2.54 bits per heavy atom. The molecule has 0 saturated heterocycles. The summed E-state index contributed by atoms with van der Waals surface area (Å²) >= 11 is 1.58. The van der Waals surface area contributed by atoms with Gasteiger partial charge in [0.2, 0.25) is 10.0 Å². The van der Waals surface area contributed by atoms with E-state index >= 15 is 0 Å². The SMILES string of the molecule is CSCC(C)N(C)S(=O)(=O)CC#N. The van der Waals surface area contributed by atoms with Gasteiger partial charge in [-0.05, 0) is 13.2 Å². The molecule has 0 aliphatic carbocycles. The van der Waals surface area contributed by atoms with E-state index in [0.29, 0.717) is 0 Å². The molecule has 0 radical (unpaired) electrons. The second-order valence-electron chi connectivity index (χ2n) is 2.73. The smallest absolute Gasteiger partial charge is 0.211 e. The van der Waals surface area contributed by atoms with Gasteiger partial charge in [0, 0.05) is 18.8 Å². The second kappa shape index (κ2) is 5.47. The average Bonchev–Trinajstić information content (AvgIpc) is 2.03. The minimum absolute atomic E-state index is 0.0617. The molecule has 0 saturated carbocycles. The Labute approximate surface area is 84.0 Å².